The molecule has 5 unspecified atom stereocenters. The highest BCUT2D eigenvalue weighted by Crippen LogP contribution is 2.57. The maximum absolute atomic E-state index is 10.2. The van der Waals surface area contributed by atoms with Crippen LogP contribution in [-0.2, 0) is 0 Å². The van der Waals surface area contributed by atoms with Gasteiger partial charge in [-0.1, -0.05) is 25.1 Å². The molecule has 2 saturated heterocycles. The first-order valence-electron chi connectivity index (χ1n) is 12.3. The summed E-state index contributed by atoms with van der Waals surface area (Å²) in [5.74, 6) is 1.06. The van der Waals surface area contributed by atoms with E-state index >= 15 is 0 Å². The van der Waals surface area contributed by atoms with E-state index in [0.717, 1.165) is 69.6 Å². The molecular formula is C30H23N5. The molecule has 5 nitrogen and oxygen atoms in total. The molecule has 2 fully saturated rings. The number of nitrogens with zero attached hydrogens (tertiary/aromatic N) is 3. The molecule has 2 N–H and O–H groups in total. The zero-order valence-electron chi connectivity index (χ0n) is 19.4. The van der Waals surface area contributed by atoms with Gasteiger partial charge in [0.05, 0.1) is 47.0 Å². The Kier molecular flexibility index (Phi) is 4.24. The summed E-state index contributed by atoms with van der Waals surface area (Å²) in [6, 6.07) is 17.9. The van der Waals surface area contributed by atoms with Gasteiger partial charge in [0.2, 0.25) is 0 Å². The molecule has 0 radical (unpaired) electrons. The van der Waals surface area contributed by atoms with Crippen molar-refractivity contribution in [3.8, 4) is 29.3 Å². The standard InChI is InChI=1S/C30H23N5/c1-15-2-4-18-19(6-15)21-8-20-17-5-3-16(10-31)7-22(17)30(26(12-33)28-14-35-28)23(20)9-24(21)29(18)25(11-32)27-13-34-27/h2-5,7-9,15,18-19,27-28,34-35H,6,13-14H2,1H3/b29-25+,30-26-. The van der Waals surface area contributed by atoms with Gasteiger partial charge in [-0.05, 0) is 81.5 Å². The van der Waals surface area contributed by atoms with Gasteiger partial charge >= 0.3 is 0 Å². The summed E-state index contributed by atoms with van der Waals surface area (Å²) in [6.07, 6.45) is 5.68. The lowest BCUT2D eigenvalue weighted by Crippen LogP contribution is -2.14. The second-order valence-electron chi connectivity index (χ2n) is 10.3. The van der Waals surface area contributed by atoms with Crippen molar-refractivity contribution >= 4 is 11.1 Å². The van der Waals surface area contributed by atoms with Crippen LogP contribution >= 0.6 is 0 Å². The Morgan fingerprint density at radius 2 is 1.54 bits per heavy atom. The summed E-state index contributed by atoms with van der Waals surface area (Å²) >= 11 is 0. The predicted molar refractivity (Wildman–Crippen MR) is 133 cm³/mol. The molecule has 5 heteroatoms. The zero-order chi connectivity index (χ0) is 23.8. The monoisotopic (exact) mass is 453 g/mol. The normalized spacial score (nSPS) is 31.2. The number of fused-ring (bicyclic) bond motifs is 6. The minimum absolute atomic E-state index is 0.0551. The number of hydrogen-bond donors (Lipinski definition) is 2. The number of hydrogen-bond acceptors (Lipinski definition) is 5. The molecule has 0 amide bonds. The number of nitrogens with one attached hydrogen (secondary N) is 2. The van der Waals surface area contributed by atoms with Crippen LogP contribution in [-0.4, -0.2) is 25.2 Å². The van der Waals surface area contributed by atoms with E-state index in [1.165, 1.54) is 5.56 Å². The Morgan fingerprint density at radius 3 is 2.23 bits per heavy atom. The van der Waals surface area contributed by atoms with Crippen LogP contribution in [0.5, 0.6) is 0 Å². The highest BCUT2D eigenvalue weighted by atomic mass is 15.1. The minimum atomic E-state index is 0.0551. The van der Waals surface area contributed by atoms with E-state index in [1.54, 1.807) is 0 Å². The molecule has 2 aromatic rings. The van der Waals surface area contributed by atoms with Crippen LogP contribution in [0.25, 0.3) is 22.3 Å². The first-order chi connectivity index (χ1) is 17.1. The highest BCUT2D eigenvalue weighted by Gasteiger charge is 2.44. The quantitative estimate of drug-likeness (QED) is 0.339. The van der Waals surface area contributed by atoms with Crippen molar-refractivity contribution < 1.29 is 0 Å². The second-order valence-corrected chi connectivity index (χ2v) is 10.3. The summed E-state index contributed by atoms with van der Waals surface area (Å²) in [5, 5.41) is 36.5. The molecule has 2 aromatic carbocycles. The molecule has 168 valence electrons. The van der Waals surface area contributed by atoms with E-state index in [1.807, 2.05) is 18.2 Å². The average molecular weight is 454 g/mol. The lowest BCUT2D eigenvalue weighted by atomic mass is 9.77. The van der Waals surface area contributed by atoms with Crippen LogP contribution in [0.2, 0.25) is 0 Å². The average Bonchev–Trinajstić information content (AvgIpc) is 3.81. The van der Waals surface area contributed by atoms with E-state index in [4.69, 9.17) is 0 Å². The summed E-state index contributed by atoms with van der Waals surface area (Å²) in [4.78, 5) is 0. The number of nitriles is 3. The molecule has 5 atom stereocenters. The molecule has 5 aliphatic rings. The van der Waals surface area contributed by atoms with Crippen LogP contribution in [0, 0.1) is 45.8 Å². The first kappa shape index (κ1) is 20.4. The van der Waals surface area contributed by atoms with E-state index in [0.29, 0.717) is 17.4 Å². The van der Waals surface area contributed by atoms with Gasteiger partial charge in [-0.2, -0.15) is 15.8 Å². The van der Waals surface area contributed by atoms with Crippen molar-refractivity contribution in [3.63, 3.8) is 0 Å². The molecule has 0 spiro atoms. The SMILES string of the molecule is CC1C=CC2/C(=C(/C#N)C3CN3)c3cc4c(cc3C2C1)-c1ccc(C#N)cc1/C4=C(\C#N)C1CN1. The number of rotatable bonds is 2. The lowest BCUT2D eigenvalue weighted by Gasteiger charge is -2.26. The Bertz CT molecular complexity index is 1540. The molecule has 2 heterocycles. The van der Waals surface area contributed by atoms with E-state index in [-0.39, 0.29) is 18.0 Å². The van der Waals surface area contributed by atoms with Gasteiger partial charge in [0.25, 0.3) is 0 Å². The minimum Gasteiger partial charge on any atom is -0.306 e. The smallest absolute Gasteiger partial charge is 0.0991 e. The Balaban J connectivity index is 1.54. The topological polar surface area (TPSA) is 115 Å². The van der Waals surface area contributed by atoms with Crippen molar-refractivity contribution in [2.75, 3.05) is 13.1 Å². The van der Waals surface area contributed by atoms with Gasteiger partial charge in [0.15, 0.2) is 0 Å². The Morgan fingerprint density at radius 1 is 0.829 bits per heavy atom. The molecule has 0 saturated carbocycles. The molecule has 0 bridgehead atoms. The van der Waals surface area contributed by atoms with Crippen molar-refractivity contribution in [1.82, 2.24) is 10.6 Å². The third-order valence-corrected chi connectivity index (χ3v) is 8.21. The van der Waals surface area contributed by atoms with Crippen molar-refractivity contribution in [2.45, 2.75) is 31.3 Å². The fourth-order valence-corrected chi connectivity index (χ4v) is 6.43. The lowest BCUT2D eigenvalue weighted by molar-refractivity contribution is 0.478. The van der Waals surface area contributed by atoms with E-state index in [2.05, 4.69) is 60.0 Å². The third-order valence-electron chi connectivity index (χ3n) is 8.21. The van der Waals surface area contributed by atoms with Crippen molar-refractivity contribution in [1.29, 1.82) is 15.8 Å². The maximum atomic E-state index is 10.2. The largest absolute Gasteiger partial charge is 0.306 e. The van der Waals surface area contributed by atoms with Crippen LogP contribution in [0.3, 0.4) is 0 Å². The third kappa shape index (κ3) is 2.92. The molecule has 3 aliphatic carbocycles. The fourth-order valence-electron chi connectivity index (χ4n) is 6.43. The van der Waals surface area contributed by atoms with Crippen LogP contribution < -0.4 is 10.6 Å². The summed E-state index contributed by atoms with van der Waals surface area (Å²) in [6.45, 7) is 3.91. The molecule has 35 heavy (non-hydrogen) atoms. The van der Waals surface area contributed by atoms with Crippen LogP contribution in [0.1, 0.15) is 47.1 Å². The van der Waals surface area contributed by atoms with Gasteiger partial charge in [0.1, 0.15) is 0 Å². The van der Waals surface area contributed by atoms with Gasteiger partial charge in [-0.15, -0.1) is 0 Å². The van der Waals surface area contributed by atoms with E-state index < -0.39 is 0 Å². The summed E-state index contributed by atoms with van der Waals surface area (Å²) in [5.41, 5.74) is 11.0. The molecular weight excluding hydrogens is 430 g/mol. The van der Waals surface area contributed by atoms with Gasteiger partial charge in [0, 0.05) is 24.6 Å². The number of allylic oxidation sites excluding steroid dienone is 3. The Hall–Kier alpha value is -3.95. The second kappa shape index (κ2) is 7.27. The molecule has 0 aromatic heterocycles. The highest BCUT2D eigenvalue weighted by molar-refractivity contribution is 6.05. The van der Waals surface area contributed by atoms with Gasteiger partial charge in [-0.25, -0.2) is 0 Å². The zero-order valence-corrected chi connectivity index (χ0v) is 19.4. The molecule has 7 rings (SSSR count). The number of benzene rings is 2. The van der Waals surface area contributed by atoms with Crippen molar-refractivity contribution in [2.24, 2.45) is 11.8 Å². The Labute approximate surface area is 204 Å². The maximum Gasteiger partial charge on any atom is 0.0991 e. The summed E-state index contributed by atoms with van der Waals surface area (Å²) < 4.78 is 0. The van der Waals surface area contributed by atoms with Crippen LogP contribution in [0.4, 0.5) is 0 Å². The van der Waals surface area contributed by atoms with Gasteiger partial charge < -0.3 is 10.6 Å². The predicted octanol–water partition coefficient (Wildman–Crippen LogP) is 4.39. The van der Waals surface area contributed by atoms with Crippen molar-refractivity contribution in [3.05, 3.63) is 81.4 Å². The molecule has 2 aliphatic heterocycles. The summed E-state index contributed by atoms with van der Waals surface area (Å²) in [7, 11) is 0. The van der Waals surface area contributed by atoms with E-state index in [9.17, 15) is 15.8 Å². The first-order valence-corrected chi connectivity index (χ1v) is 12.3. The van der Waals surface area contributed by atoms with Crippen LogP contribution in [0.15, 0.2) is 53.6 Å². The fraction of sp³-hybridized carbons (Fsp3) is 0.300. The van der Waals surface area contributed by atoms with Gasteiger partial charge in [-0.3, -0.25) is 0 Å².